The first-order valence-corrected chi connectivity index (χ1v) is 11.5. The first kappa shape index (κ1) is 18.7. The van der Waals surface area contributed by atoms with E-state index in [4.69, 9.17) is 4.98 Å². The zero-order valence-corrected chi connectivity index (χ0v) is 18.6. The number of ketones is 1. The number of aromatic nitrogens is 1. The van der Waals surface area contributed by atoms with E-state index in [0.717, 1.165) is 43.8 Å². The number of fused-ring (bicyclic) bond motifs is 3. The Morgan fingerprint density at radius 3 is 2.38 bits per heavy atom. The maximum absolute atomic E-state index is 13.2. The molecule has 2 nitrogen and oxygen atoms in total. The summed E-state index contributed by atoms with van der Waals surface area (Å²) in [6.07, 6.45) is 4.53. The predicted octanol–water partition coefficient (Wildman–Crippen LogP) is 7.14. The molecule has 0 radical (unpaired) electrons. The first-order chi connectivity index (χ1) is 14.1. The molecule has 1 aliphatic rings. The van der Waals surface area contributed by atoms with Crippen LogP contribution < -0.4 is 0 Å². The van der Waals surface area contributed by atoms with Crippen molar-refractivity contribution in [1.29, 1.82) is 0 Å². The number of hydrogen-bond acceptors (Lipinski definition) is 3. The summed E-state index contributed by atoms with van der Waals surface area (Å²) in [5.74, 6) is 0.0869. The van der Waals surface area contributed by atoms with Crippen molar-refractivity contribution in [3.8, 4) is 11.3 Å². The van der Waals surface area contributed by atoms with Crippen LogP contribution in [0.5, 0.6) is 0 Å². The normalized spacial score (nSPS) is 13.4. The average molecular weight is 462 g/mol. The number of pyridine rings is 1. The van der Waals surface area contributed by atoms with Gasteiger partial charge in [0.2, 0.25) is 5.78 Å². The lowest BCUT2D eigenvalue weighted by Gasteiger charge is -2.20. The number of hydrogen-bond donors (Lipinski definition) is 0. The van der Waals surface area contributed by atoms with Crippen LogP contribution in [0.2, 0.25) is 0 Å². The second kappa shape index (κ2) is 7.51. The van der Waals surface area contributed by atoms with Crippen molar-refractivity contribution in [1.82, 2.24) is 4.98 Å². The molecule has 144 valence electrons. The summed E-state index contributed by atoms with van der Waals surface area (Å²) in [5.41, 5.74) is 6.85. The third kappa shape index (κ3) is 3.24. The molecule has 0 atom stereocenters. The molecule has 29 heavy (non-hydrogen) atoms. The number of halogens is 1. The quantitative estimate of drug-likeness (QED) is 0.303. The van der Waals surface area contributed by atoms with Crippen molar-refractivity contribution in [2.75, 3.05) is 0 Å². The standard InChI is InChI=1S/C25H20BrNOS/c1-15-21-19-9-5-6-10-20(19)22(16-7-3-2-4-8-16)27-25(21)29-24(15)23(28)17-11-13-18(26)14-12-17/h2-4,7-8,11-14H,5-6,9-10H2,1H3. The number of aryl methyl sites for hydroxylation is 2. The van der Waals surface area contributed by atoms with Crippen LogP contribution in [-0.2, 0) is 12.8 Å². The third-order valence-corrected chi connectivity index (χ3v) is 7.47. The zero-order chi connectivity index (χ0) is 20.0. The molecule has 0 spiro atoms. The van der Waals surface area contributed by atoms with E-state index in [-0.39, 0.29) is 5.78 Å². The summed E-state index contributed by atoms with van der Waals surface area (Å²) in [4.78, 5) is 20.1. The fourth-order valence-electron chi connectivity index (χ4n) is 4.33. The van der Waals surface area contributed by atoms with Crippen LogP contribution in [0.15, 0.2) is 59.1 Å². The Kier molecular flexibility index (Phi) is 4.84. The minimum Gasteiger partial charge on any atom is -0.288 e. The lowest BCUT2D eigenvalue weighted by molar-refractivity contribution is 0.104. The molecule has 2 heterocycles. The first-order valence-electron chi connectivity index (χ1n) is 9.94. The van der Waals surface area contributed by atoms with Gasteiger partial charge < -0.3 is 0 Å². The topological polar surface area (TPSA) is 30.0 Å². The largest absolute Gasteiger partial charge is 0.288 e. The van der Waals surface area contributed by atoms with Crippen molar-refractivity contribution in [3.05, 3.63) is 86.2 Å². The maximum Gasteiger partial charge on any atom is 0.203 e. The lowest BCUT2D eigenvalue weighted by atomic mass is 9.86. The SMILES string of the molecule is Cc1c(C(=O)c2ccc(Br)cc2)sc2nc(-c3ccccc3)c3c(c12)CCCC3. The Labute approximate surface area is 182 Å². The van der Waals surface area contributed by atoms with E-state index in [9.17, 15) is 4.79 Å². The van der Waals surface area contributed by atoms with Crippen LogP contribution in [-0.4, -0.2) is 10.8 Å². The zero-order valence-electron chi connectivity index (χ0n) is 16.2. The van der Waals surface area contributed by atoms with Gasteiger partial charge in [-0.25, -0.2) is 4.98 Å². The van der Waals surface area contributed by atoms with Gasteiger partial charge in [-0.3, -0.25) is 4.79 Å². The van der Waals surface area contributed by atoms with Gasteiger partial charge in [0.25, 0.3) is 0 Å². The van der Waals surface area contributed by atoms with Crippen LogP contribution in [0.4, 0.5) is 0 Å². The van der Waals surface area contributed by atoms with Gasteiger partial charge in [-0.15, -0.1) is 11.3 Å². The van der Waals surface area contributed by atoms with E-state index in [2.05, 4.69) is 47.1 Å². The van der Waals surface area contributed by atoms with Gasteiger partial charge >= 0.3 is 0 Å². The second-order valence-corrected chi connectivity index (χ2v) is 9.48. The molecular formula is C25H20BrNOS. The molecule has 0 fully saturated rings. The summed E-state index contributed by atoms with van der Waals surface area (Å²) in [7, 11) is 0. The van der Waals surface area contributed by atoms with Gasteiger partial charge in [0, 0.05) is 21.0 Å². The van der Waals surface area contributed by atoms with Crippen LogP contribution in [0.1, 0.15) is 44.8 Å². The number of nitrogens with zero attached hydrogens (tertiary/aromatic N) is 1. The van der Waals surface area contributed by atoms with Crippen molar-refractivity contribution in [2.24, 2.45) is 0 Å². The van der Waals surface area contributed by atoms with Gasteiger partial charge in [-0.1, -0.05) is 46.3 Å². The molecule has 0 bridgehead atoms. The van der Waals surface area contributed by atoms with E-state index in [1.165, 1.54) is 34.9 Å². The van der Waals surface area contributed by atoms with Gasteiger partial charge in [0.1, 0.15) is 4.83 Å². The second-order valence-electron chi connectivity index (χ2n) is 7.56. The van der Waals surface area contributed by atoms with Gasteiger partial charge in [-0.05, 0) is 73.6 Å². The van der Waals surface area contributed by atoms with Crippen LogP contribution >= 0.6 is 27.3 Å². The highest BCUT2D eigenvalue weighted by Gasteiger charge is 2.25. The molecule has 5 rings (SSSR count). The molecule has 0 N–H and O–H groups in total. The molecule has 0 saturated heterocycles. The minimum absolute atomic E-state index is 0.0869. The molecule has 4 heteroatoms. The van der Waals surface area contributed by atoms with E-state index < -0.39 is 0 Å². The van der Waals surface area contributed by atoms with E-state index in [1.54, 1.807) is 11.3 Å². The Morgan fingerprint density at radius 2 is 1.66 bits per heavy atom. The van der Waals surface area contributed by atoms with Crippen LogP contribution in [0.25, 0.3) is 21.5 Å². The summed E-state index contributed by atoms with van der Waals surface area (Å²) < 4.78 is 0.977. The van der Waals surface area contributed by atoms with Crippen LogP contribution in [0.3, 0.4) is 0 Å². The molecule has 2 aromatic carbocycles. The molecule has 1 aliphatic carbocycles. The molecule has 2 aromatic heterocycles. The highest BCUT2D eigenvalue weighted by atomic mass is 79.9. The molecule has 0 unspecified atom stereocenters. The third-order valence-electron chi connectivity index (χ3n) is 5.76. The summed E-state index contributed by atoms with van der Waals surface area (Å²) in [6, 6.07) is 18.1. The Hall–Kier alpha value is -2.30. The summed E-state index contributed by atoms with van der Waals surface area (Å²) >= 11 is 4.99. The average Bonchev–Trinajstić information content (AvgIpc) is 3.10. The lowest BCUT2D eigenvalue weighted by Crippen LogP contribution is -2.07. The number of rotatable bonds is 3. The Bertz CT molecular complexity index is 1230. The monoisotopic (exact) mass is 461 g/mol. The number of benzene rings is 2. The van der Waals surface area contributed by atoms with Crippen molar-refractivity contribution in [3.63, 3.8) is 0 Å². The van der Waals surface area contributed by atoms with Crippen molar-refractivity contribution < 1.29 is 4.79 Å². The number of carbonyl (C=O) groups excluding carboxylic acids is 1. The molecule has 0 aliphatic heterocycles. The Morgan fingerprint density at radius 1 is 0.966 bits per heavy atom. The highest BCUT2D eigenvalue weighted by molar-refractivity contribution is 9.10. The van der Waals surface area contributed by atoms with E-state index in [1.807, 2.05) is 30.3 Å². The number of carbonyl (C=O) groups is 1. The van der Waals surface area contributed by atoms with Gasteiger partial charge in [-0.2, -0.15) is 0 Å². The Balaban J connectivity index is 1.72. The molecule has 4 aromatic rings. The van der Waals surface area contributed by atoms with E-state index >= 15 is 0 Å². The molecular weight excluding hydrogens is 442 g/mol. The van der Waals surface area contributed by atoms with Gasteiger partial charge in [0.15, 0.2) is 0 Å². The smallest absolute Gasteiger partial charge is 0.203 e. The molecule has 0 saturated carbocycles. The van der Waals surface area contributed by atoms with Crippen molar-refractivity contribution in [2.45, 2.75) is 32.6 Å². The fourth-order valence-corrected chi connectivity index (χ4v) is 5.77. The van der Waals surface area contributed by atoms with E-state index in [0.29, 0.717) is 0 Å². The van der Waals surface area contributed by atoms with Gasteiger partial charge in [0.05, 0.1) is 10.6 Å². The maximum atomic E-state index is 13.2. The highest BCUT2D eigenvalue weighted by Crippen LogP contribution is 2.41. The fraction of sp³-hybridized carbons (Fsp3) is 0.200. The molecule has 0 amide bonds. The van der Waals surface area contributed by atoms with Crippen molar-refractivity contribution >= 4 is 43.3 Å². The number of thiophene rings is 1. The van der Waals surface area contributed by atoms with Crippen LogP contribution in [0, 0.1) is 6.92 Å². The summed E-state index contributed by atoms with van der Waals surface area (Å²) in [5, 5.41) is 1.21. The summed E-state index contributed by atoms with van der Waals surface area (Å²) in [6.45, 7) is 2.09. The predicted molar refractivity (Wildman–Crippen MR) is 124 cm³/mol. The minimum atomic E-state index is 0.0869.